The third-order valence-electron chi connectivity index (χ3n) is 5.20. The number of aryl methyl sites for hydroxylation is 1. The number of rotatable bonds is 9. The number of hydrogen-bond acceptors (Lipinski definition) is 7. The van der Waals surface area contributed by atoms with Crippen LogP contribution in [0.15, 0.2) is 67.4 Å². The van der Waals surface area contributed by atoms with E-state index in [1.807, 2.05) is 0 Å². The third-order valence-corrected chi connectivity index (χ3v) is 5.44. The van der Waals surface area contributed by atoms with E-state index in [0.717, 1.165) is 0 Å². The Bertz CT molecular complexity index is 1450. The first-order valence-electron chi connectivity index (χ1n) is 10.9. The van der Waals surface area contributed by atoms with E-state index in [1.54, 1.807) is 48.4 Å². The molecule has 1 atom stereocenters. The fraction of sp³-hybridized carbons (Fsp3) is 0.125. The number of aromatic nitrogens is 6. The smallest absolute Gasteiger partial charge is 0.335 e. The van der Waals surface area contributed by atoms with Crippen LogP contribution in [0.2, 0.25) is 5.02 Å². The van der Waals surface area contributed by atoms with Crippen LogP contribution in [0.3, 0.4) is 0 Å². The highest BCUT2D eigenvalue weighted by atomic mass is 35.5. The number of hydrogen-bond donors (Lipinski definition) is 3. The second kappa shape index (κ2) is 11.3. The summed E-state index contributed by atoms with van der Waals surface area (Å²) in [6.45, 7) is 0. The van der Waals surface area contributed by atoms with Gasteiger partial charge in [-0.05, 0) is 59.0 Å². The molecule has 13 heteroatoms. The quantitative estimate of drug-likeness (QED) is 0.283. The molecular weight excluding hydrogens is 500 g/mol. The summed E-state index contributed by atoms with van der Waals surface area (Å²) in [5, 5.41) is 26.0. The predicted octanol–water partition coefficient (Wildman–Crippen LogP) is 2.13. The number of aromatic carboxylic acids is 1. The van der Waals surface area contributed by atoms with Gasteiger partial charge in [-0.15, -0.1) is 5.10 Å². The summed E-state index contributed by atoms with van der Waals surface area (Å²) in [6.07, 6.45) is 7.70. The van der Waals surface area contributed by atoms with Crippen LogP contribution in [0.1, 0.15) is 21.6 Å². The topological polar surface area (TPSA) is 157 Å². The summed E-state index contributed by atoms with van der Waals surface area (Å²) in [6, 6.07) is 9.77. The van der Waals surface area contributed by atoms with Crippen molar-refractivity contribution >= 4 is 41.1 Å². The fourth-order valence-electron chi connectivity index (χ4n) is 3.44. The van der Waals surface area contributed by atoms with Gasteiger partial charge in [-0.3, -0.25) is 9.59 Å². The van der Waals surface area contributed by atoms with E-state index in [0.29, 0.717) is 27.7 Å². The van der Waals surface area contributed by atoms with Crippen LogP contribution >= 0.6 is 11.6 Å². The van der Waals surface area contributed by atoms with Gasteiger partial charge in [-0.1, -0.05) is 11.6 Å². The van der Waals surface area contributed by atoms with Crippen molar-refractivity contribution in [3.05, 3.63) is 89.2 Å². The molecule has 0 unspecified atom stereocenters. The predicted molar refractivity (Wildman–Crippen MR) is 134 cm³/mol. The van der Waals surface area contributed by atoms with Gasteiger partial charge in [0, 0.05) is 42.0 Å². The van der Waals surface area contributed by atoms with Crippen molar-refractivity contribution in [3.63, 3.8) is 0 Å². The maximum Gasteiger partial charge on any atom is 0.335 e. The number of carboxylic acid groups (broad SMARTS) is 1. The van der Waals surface area contributed by atoms with Crippen LogP contribution in [-0.4, -0.2) is 58.7 Å². The van der Waals surface area contributed by atoms with Crippen molar-refractivity contribution in [3.8, 4) is 5.69 Å². The largest absolute Gasteiger partial charge is 0.478 e. The van der Waals surface area contributed by atoms with Crippen LogP contribution in [0, 0.1) is 0 Å². The first kappa shape index (κ1) is 25.3. The van der Waals surface area contributed by atoms with Gasteiger partial charge in [0.2, 0.25) is 11.8 Å². The molecule has 2 heterocycles. The summed E-state index contributed by atoms with van der Waals surface area (Å²) in [7, 11) is 1.80. The van der Waals surface area contributed by atoms with Crippen LogP contribution in [-0.2, 0) is 23.1 Å². The molecule has 3 N–H and O–H groups in total. The minimum Gasteiger partial charge on any atom is -0.478 e. The Labute approximate surface area is 215 Å². The number of carboxylic acids is 1. The third kappa shape index (κ3) is 6.64. The molecule has 2 aromatic carbocycles. The zero-order chi connectivity index (χ0) is 26.4. The Morgan fingerprint density at radius 2 is 1.92 bits per heavy atom. The van der Waals surface area contributed by atoms with E-state index in [1.165, 1.54) is 41.4 Å². The van der Waals surface area contributed by atoms with Gasteiger partial charge in [0.15, 0.2) is 0 Å². The summed E-state index contributed by atoms with van der Waals surface area (Å²) in [5.41, 5.74) is 2.26. The highest BCUT2D eigenvalue weighted by molar-refractivity contribution is 6.30. The Morgan fingerprint density at radius 1 is 1.14 bits per heavy atom. The Hall–Kier alpha value is -4.84. The lowest BCUT2D eigenvalue weighted by Crippen LogP contribution is -2.44. The van der Waals surface area contributed by atoms with Gasteiger partial charge in [0.05, 0.1) is 23.3 Å². The molecule has 12 nitrogen and oxygen atoms in total. The van der Waals surface area contributed by atoms with Gasteiger partial charge in [-0.25, -0.2) is 9.78 Å². The van der Waals surface area contributed by atoms with Gasteiger partial charge in [0.25, 0.3) is 0 Å². The van der Waals surface area contributed by atoms with Gasteiger partial charge >= 0.3 is 5.97 Å². The molecule has 2 amide bonds. The van der Waals surface area contributed by atoms with Crippen LogP contribution < -0.4 is 10.6 Å². The van der Waals surface area contributed by atoms with Crippen molar-refractivity contribution < 1.29 is 19.5 Å². The van der Waals surface area contributed by atoms with Gasteiger partial charge < -0.3 is 20.3 Å². The minimum absolute atomic E-state index is 0.0866. The van der Waals surface area contributed by atoms with Crippen molar-refractivity contribution in [1.82, 2.24) is 35.1 Å². The summed E-state index contributed by atoms with van der Waals surface area (Å²) < 4.78 is 3.16. The first-order chi connectivity index (χ1) is 17.8. The van der Waals surface area contributed by atoms with E-state index >= 15 is 0 Å². The lowest BCUT2D eigenvalue weighted by atomic mass is 10.1. The molecule has 0 saturated heterocycles. The number of carbonyl (C=O) groups excluding carboxylic acids is 2. The molecule has 0 bridgehead atoms. The first-order valence-corrected chi connectivity index (χ1v) is 11.3. The van der Waals surface area contributed by atoms with Gasteiger partial charge in [-0.2, -0.15) is 4.68 Å². The molecule has 0 aliphatic rings. The zero-order valence-corrected chi connectivity index (χ0v) is 20.2. The van der Waals surface area contributed by atoms with E-state index in [-0.39, 0.29) is 12.0 Å². The number of amides is 2. The van der Waals surface area contributed by atoms with Gasteiger partial charge in [0.1, 0.15) is 12.4 Å². The SMILES string of the molecule is Cn1cnc(C[C@H](NC(=O)/C=C/c2cc(Cl)ccc2-n2cnnn2)C(=O)Nc2ccc(C(=O)O)cc2)c1. The average Bonchev–Trinajstić information content (AvgIpc) is 3.55. The fourth-order valence-corrected chi connectivity index (χ4v) is 3.62. The molecule has 0 spiro atoms. The number of anilines is 1. The molecule has 188 valence electrons. The highest BCUT2D eigenvalue weighted by Crippen LogP contribution is 2.20. The summed E-state index contributed by atoms with van der Waals surface area (Å²) in [4.78, 5) is 41.2. The number of nitrogens with one attached hydrogen (secondary N) is 2. The summed E-state index contributed by atoms with van der Waals surface area (Å²) in [5.74, 6) is -2.10. The zero-order valence-electron chi connectivity index (χ0n) is 19.4. The second-order valence-corrected chi connectivity index (χ2v) is 8.39. The minimum atomic E-state index is -1.08. The number of imidazole rings is 1. The molecule has 2 aromatic heterocycles. The number of tetrazole rings is 1. The second-order valence-electron chi connectivity index (χ2n) is 7.96. The van der Waals surface area contributed by atoms with Crippen molar-refractivity contribution in [2.75, 3.05) is 5.32 Å². The normalized spacial score (nSPS) is 11.8. The Morgan fingerprint density at radius 3 is 2.57 bits per heavy atom. The number of carbonyl (C=O) groups is 3. The van der Waals surface area contributed by atoms with Crippen molar-refractivity contribution in [1.29, 1.82) is 0 Å². The molecular formula is C24H21ClN8O4. The monoisotopic (exact) mass is 520 g/mol. The Kier molecular flexibility index (Phi) is 7.69. The van der Waals surface area contributed by atoms with Crippen LogP contribution in [0.4, 0.5) is 5.69 Å². The lowest BCUT2D eigenvalue weighted by Gasteiger charge is -2.17. The van der Waals surface area contributed by atoms with Crippen LogP contribution in [0.5, 0.6) is 0 Å². The molecule has 0 fully saturated rings. The molecule has 0 aliphatic heterocycles. The van der Waals surface area contributed by atoms with E-state index < -0.39 is 23.8 Å². The average molecular weight is 521 g/mol. The molecule has 0 aliphatic carbocycles. The molecule has 4 aromatic rings. The lowest BCUT2D eigenvalue weighted by molar-refractivity contribution is -0.123. The number of nitrogens with zero attached hydrogens (tertiary/aromatic N) is 6. The molecule has 4 rings (SSSR count). The highest BCUT2D eigenvalue weighted by Gasteiger charge is 2.22. The molecule has 37 heavy (non-hydrogen) atoms. The van der Waals surface area contributed by atoms with E-state index in [9.17, 15) is 14.4 Å². The van der Waals surface area contributed by atoms with Crippen molar-refractivity contribution in [2.24, 2.45) is 7.05 Å². The standard InChI is InChI=1S/C24H21ClN8O4/c1-32-12-19(26-13-32)11-20(23(35)28-18-6-2-15(3-7-18)24(36)37)29-22(34)9-4-16-10-17(25)5-8-21(16)33-14-27-30-31-33/h2-10,12-14,20H,11H2,1H3,(H,28,35)(H,29,34)(H,36,37)/b9-4+/t20-/m0/s1. The maximum atomic E-state index is 13.1. The molecule has 0 saturated carbocycles. The molecule has 0 radical (unpaired) electrons. The Balaban J connectivity index is 1.51. The maximum absolute atomic E-state index is 13.1. The van der Waals surface area contributed by atoms with Crippen molar-refractivity contribution in [2.45, 2.75) is 12.5 Å². The number of halogens is 1. The summed E-state index contributed by atoms with van der Waals surface area (Å²) >= 11 is 6.13. The van der Waals surface area contributed by atoms with Crippen LogP contribution in [0.25, 0.3) is 11.8 Å². The number of benzene rings is 2. The van der Waals surface area contributed by atoms with E-state index in [2.05, 4.69) is 31.1 Å². The van der Waals surface area contributed by atoms with E-state index in [4.69, 9.17) is 16.7 Å².